The molecule has 6 nitrogen and oxygen atoms in total. The number of hydrogen-bond donors (Lipinski definition) is 1. The lowest BCUT2D eigenvalue weighted by Crippen LogP contribution is -2.53. The van der Waals surface area contributed by atoms with Crippen LogP contribution in [0, 0.1) is 5.41 Å². The number of carbonyl (C=O) groups is 2. The van der Waals surface area contributed by atoms with Crippen molar-refractivity contribution in [1.29, 1.82) is 0 Å². The summed E-state index contributed by atoms with van der Waals surface area (Å²) in [6.45, 7) is 3.86. The number of ether oxygens (including phenoxy) is 1. The van der Waals surface area contributed by atoms with Crippen molar-refractivity contribution in [2.24, 2.45) is 5.41 Å². The summed E-state index contributed by atoms with van der Waals surface area (Å²) in [5, 5.41) is 1.86. The molecule has 26 heavy (non-hydrogen) atoms. The van der Waals surface area contributed by atoms with Crippen molar-refractivity contribution in [2.75, 3.05) is 38.5 Å². The molecule has 0 radical (unpaired) electrons. The average molecular weight is 378 g/mol. The highest BCUT2D eigenvalue weighted by Crippen LogP contribution is 2.41. The summed E-state index contributed by atoms with van der Waals surface area (Å²) in [6, 6.07) is 1.79. The molecule has 0 unspecified atom stereocenters. The smallest absolute Gasteiger partial charge is 0.266 e. The molecule has 7 heteroatoms. The zero-order valence-corrected chi connectivity index (χ0v) is 15.9. The van der Waals surface area contributed by atoms with Crippen LogP contribution in [0.3, 0.4) is 0 Å². The van der Waals surface area contributed by atoms with E-state index in [0.29, 0.717) is 17.0 Å². The highest BCUT2D eigenvalue weighted by molar-refractivity contribution is 7.12. The number of anilines is 1. The Kier molecular flexibility index (Phi) is 4.92. The average Bonchev–Trinajstić information content (AvgIpc) is 3.30. The van der Waals surface area contributed by atoms with Crippen LogP contribution in [0.15, 0.2) is 11.4 Å². The molecule has 1 aromatic rings. The van der Waals surface area contributed by atoms with Crippen LogP contribution in [0.1, 0.15) is 48.2 Å². The third-order valence-electron chi connectivity index (χ3n) is 6.20. The summed E-state index contributed by atoms with van der Waals surface area (Å²) in [6.07, 6.45) is 5.84. The second kappa shape index (κ2) is 7.19. The van der Waals surface area contributed by atoms with Gasteiger partial charge in [0, 0.05) is 39.2 Å². The van der Waals surface area contributed by atoms with Crippen LogP contribution in [0.25, 0.3) is 0 Å². The van der Waals surface area contributed by atoms with Crippen LogP contribution >= 0.6 is 11.3 Å². The van der Waals surface area contributed by atoms with Crippen molar-refractivity contribution in [2.45, 2.75) is 44.6 Å². The Morgan fingerprint density at radius 3 is 2.81 bits per heavy atom. The van der Waals surface area contributed by atoms with Crippen molar-refractivity contribution in [3.63, 3.8) is 0 Å². The van der Waals surface area contributed by atoms with E-state index >= 15 is 0 Å². The molecule has 1 atom stereocenters. The third-order valence-corrected chi connectivity index (χ3v) is 7.12. The molecule has 0 aromatic carbocycles. The molecule has 3 aliphatic rings. The van der Waals surface area contributed by atoms with Crippen LogP contribution < -0.4 is 5.73 Å². The number of nitrogens with two attached hydrogens (primary N) is 1. The van der Waals surface area contributed by atoms with E-state index in [-0.39, 0.29) is 23.3 Å². The largest absolute Gasteiger partial charge is 0.397 e. The normalized spacial score (nSPS) is 25.8. The molecule has 142 valence electrons. The third kappa shape index (κ3) is 3.47. The van der Waals surface area contributed by atoms with Gasteiger partial charge in [0.25, 0.3) is 5.91 Å². The number of nitrogens with zero attached hydrogens (tertiary/aromatic N) is 2. The first kappa shape index (κ1) is 17.8. The van der Waals surface area contributed by atoms with Crippen LogP contribution in [0.2, 0.25) is 0 Å². The van der Waals surface area contributed by atoms with Gasteiger partial charge < -0.3 is 20.3 Å². The maximum absolute atomic E-state index is 12.7. The summed E-state index contributed by atoms with van der Waals surface area (Å²) >= 11 is 1.41. The van der Waals surface area contributed by atoms with Gasteiger partial charge in [-0.25, -0.2) is 0 Å². The van der Waals surface area contributed by atoms with E-state index in [1.54, 1.807) is 6.07 Å². The molecule has 3 saturated heterocycles. The molecule has 0 bridgehead atoms. The van der Waals surface area contributed by atoms with E-state index in [1.165, 1.54) is 11.3 Å². The first-order valence-electron chi connectivity index (χ1n) is 9.58. The number of rotatable bonds is 3. The highest BCUT2D eigenvalue weighted by Gasteiger charge is 2.42. The van der Waals surface area contributed by atoms with Crippen molar-refractivity contribution in [3.05, 3.63) is 16.3 Å². The minimum atomic E-state index is 0.0513. The molecule has 0 aliphatic carbocycles. The van der Waals surface area contributed by atoms with E-state index in [1.807, 2.05) is 15.2 Å². The number of likely N-dealkylation sites (tertiary alicyclic amines) is 2. The predicted molar refractivity (Wildman–Crippen MR) is 101 cm³/mol. The second-order valence-corrected chi connectivity index (χ2v) is 8.82. The summed E-state index contributed by atoms with van der Waals surface area (Å²) in [5.74, 6) is 0.312. The lowest BCUT2D eigenvalue weighted by molar-refractivity contribution is -0.141. The number of piperidine rings is 2. The monoisotopic (exact) mass is 377 g/mol. The van der Waals surface area contributed by atoms with Crippen molar-refractivity contribution < 1.29 is 14.3 Å². The van der Waals surface area contributed by atoms with Gasteiger partial charge >= 0.3 is 0 Å². The van der Waals surface area contributed by atoms with Gasteiger partial charge in [0.2, 0.25) is 5.91 Å². The Morgan fingerprint density at radius 2 is 2.15 bits per heavy atom. The van der Waals surface area contributed by atoms with E-state index in [9.17, 15) is 9.59 Å². The Hall–Kier alpha value is -1.60. The van der Waals surface area contributed by atoms with Crippen LogP contribution in [0.5, 0.6) is 0 Å². The van der Waals surface area contributed by atoms with Gasteiger partial charge in [-0.3, -0.25) is 9.59 Å². The first-order valence-corrected chi connectivity index (χ1v) is 10.5. The minimum absolute atomic E-state index is 0.0513. The van der Waals surface area contributed by atoms with Gasteiger partial charge in [0.15, 0.2) is 0 Å². The molecule has 2 N–H and O–H groups in total. The number of thiophene rings is 1. The first-order chi connectivity index (χ1) is 12.6. The quantitative estimate of drug-likeness (QED) is 0.877. The Morgan fingerprint density at radius 1 is 1.35 bits per heavy atom. The lowest BCUT2D eigenvalue weighted by atomic mass is 9.72. The SMILES string of the molecule is Nc1ccsc1C(=O)N1CCC2(CCC(=O)N(C[C@H]3CCCO3)C2)CC1. The number of hydrogen-bond acceptors (Lipinski definition) is 5. The fraction of sp³-hybridized carbons (Fsp3) is 0.684. The molecule has 1 aromatic heterocycles. The Balaban J connectivity index is 1.37. The Bertz CT molecular complexity index is 675. The second-order valence-electron chi connectivity index (χ2n) is 7.91. The van der Waals surface area contributed by atoms with Crippen molar-refractivity contribution in [3.8, 4) is 0 Å². The minimum Gasteiger partial charge on any atom is -0.397 e. The van der Waals surface area contributed by atoms with Crippen molar-refractivity contribution >= 4 is 28.8 Å². The van der Waals surface area contributed by atoms with E-state index in [4.69, 9.17) is 10.5 Å². The number of amides is 2. The lowest BCUT2D eigenvalue weighted by Gasteiger charge is -2.47. The fourth-order valence-corrected chi connectivity index (χ4v) is 5.32. The zero-order valence-electron chi connectivity index (χ0n) is 15.1. The van der Waals surface area contributed by atoms with Gasteiger partial charge in [0.05, 0.1) is 11.8 Å². The van der Waals surface area contributed by atoms with Gasteiger partial charge in [0.1, 0.15) is 4.88 Å². The molecule has 3 fully saturated rings. The van der Waals surface area contributed by atoms with Gasteiger partial charge in [-0.1, -0.05) is 0 Å². The molecule has 0 saturated carbocycles. The topological polar surface area (TPSA) is 75.9 Å². The fourth-order valence-electron chi connectivity index (χ4n) is 4.53. The Labute approximate surface area is 158 Å². The number of nitrogen functional groups attached to an aromatic ring is 1. The molecule has 3 aliphatic heterocycles. The predicted octanol–water partition coefficient (Wildman–Crippen LogP) is 2.35. The van der Waals surface area contributed by atoms with E-state index in [2.05, 4.69) is 0 Å². The maximum Gasteiger partial charge on any atom is 0.266 e. The summed E-state index contributed by atoms with van der Waals surface area (Å²) in [7, 11) is 0. The van der Waals surface area contributed by atoms with Crippen molar-refractivity contribution in [1.82, 2.24) is 9.80 Å². The zero-order chi connectivity index (χ0) is 18.1. The number of carbonyl (C=O) groups excluding carboxylic acids is 2. The van der Waals surface area contributed by atoms with Crippen LogP contribution in [0.4, 0.5) is 5.69 Å². The van der Waals surface area contributed by atoms with Gasteiger partial charge in [-0.2, -0.15) is 0 Å². The molecule has 4 rings (SSSR count). The summed E-state index contributed by atoms with van der Waals surface area (Å²) in [5.41, 5.74) is 6.63. The van der Waals surface area contributed by atoms with Crippen LogP contribution in [-0.4, -0.2) is 60.5 Å². The standard InChI is InChI=1S/C19H27N3O3S/c20-15-4-11-26-17(15)18(24)21-8-6-19(7-9-21)5-3-16(23)22(13-19)12-14-2-1-10-25-14/h4,11,14H,1-3,5-10,12-13,20H2/t14-/m1/s1. The molecular weight excluding hydrogens is 350 g/mol. The van der Waals surface area contributed by atoms with Gasteiger partial charge in [-0.05, 0) is 49.0 Å². The molecular formula is C19H27N3O3S. The summed E-state index contributed by atoms with van der Waals surface area (Å²) in [4.78, 5) is 29.6. The van der Waals surface area contributed by atoms with Crippen LogP contribution in [-0.2, 0) is 9.53 Å². The van der Waals surface area contributed by atoms with E-state index in [0.717, 1.165) is 64.9 Å². The summed E-state index contributed by atoms with van der Waals surface area (Å²) < 4.78 is 5.72. The van der Waals surface area contributed by atoms with E-state index < -0.39 is 0 Å². The molecule has 1 spiro atoms. The molecule has 4 heterocycles. The maximum atomic E-state index is 12.7. The highest BCUT2D eigenvalue weighted by atomic mass is 32.1. The van der Waals surface area contributed by atoms with Gasteiger partial charge in [-0.15, -0.1) is 11.3 Å². The molecule has 2 amide bonds.